The maximum Gasteiger partial charge on any atom is 0.162 e. The van der Waals surface area contributed by atoms with Crippen LogP contribution in [0.3, 0.4) is 0 Å². The van der Waals surface area contributed by atoms with Gasteiger partial charge in [0.05, 0.1) is 12.2 Å². The molecule has 1 rings (SSSR count). The van der Waals surface area contributed by atoms with Crippen LogP contribution in [0.2, 0.25) is 0 Å². The largest absolute Gasteiger partial charge is 0.387 e. The summed E-state index contributed by atoms with van der Waals surface area (Å²) in [4.78, 5) is 0. The van der Waals surface area contributed by atoms with E-state index in [1.54, 1.807) is 0 Å². The van der Waals surface area contributed by atoms with Gasteiger partial charge in [-0.2, -0.15) is 0 Å². The summed E-state index contributed by atoms with van der Waals surface area (Å²) in [6.07, 6.45) is -1.12. The van der Waals surface area contributed by atoms with E-state index in [-0.39, 0.29) is 12.0 Å². The summed E-state index contributed by atoms with van der Waals surface area (Å²) in [6.45, 7) is 9.39. The Kier molecular flexibility index (Phi) is 3.77. The first-order valence-electron chi connectivity index (χ1n) is 5.79. The van der Waals surface area contributed by atoms with Crippen LogP contribution in [0, 0.1) is 11.8 Å². The van der Waals surface area contributed by atoms with Gasteiger partial charge in [0.2, 0.25) is 0 Å². The van der Waals surface area contributed by atoms with Crippen LogP contribution in [-0.4, -0.2) is 29.1 Å². The molecular formula is C12H23FO2. The number of aliphatic hydroxyl groups is 1. The van der Waals surface area contributed by atoms with E-state index in [9.17, 15) is 9.50 Å². The normalized spacial score (nSPS) is 41.8. The van der Waals surface area contributed by atoms with Crippen LogP contribution >= 0.6 is 0 Å². The summed E-state index contributed by atoms with van der Waals surface area (Å²) >= 11 is 0. The number of hydrogen-bond acceptors (Lipinski definition) is 2. The van der Waals surface area contributed by atoms with Gasteiger partial charge in [-0.1, -0.05) is 27.7 Å². The number of rotatable bonds is 3. The molecule has 1 fully saturated rings. The van der Waals surface area contributed by atoms with E-state index in [4.69, 9.17) is 4.74 Å². The molecule has 0 saturated carbocycles. The third-order valence-corrected chi connectivity index (χ3v) is 3.12. The lowest BCUT2D eigenvalue weighted by Gasteiger charge is -2.26. The van der Waals surface area contributed by atoms with Gasteiger partial charge in [-0.05, 0) is 25.2 Å². The van der Waals surface area contributed by atoms with Gasteiger partial charge in [0.15, 0.2) is 5.67 Å². The molecule has 4 unspecified atom stereocenters. The minimum Gasteiger partial charge on any atom is -0.387 e. The van der Waals surface area contributed by atoms with Gasteiger partial charge in [-0.25, -0.2) is 4.39 Å². The predicted octanol–water partition coefficient (Wildman–Crippen LogP) is 2.55. The Hall–Kier alpha value is -0.150. The van der Waals surface area contributed by atoms with Crippen LogP contribution in [0.15, 0.2) is 0 Å². The van der Waals surface area contributed by atoms with Gasteiger partial charge in [0.1, 0.15) is 6.10 Å². The second kappa shape index (κ2) is 4.38. The Bertz CT molecular complexity index is 214. The molecule has 0 aromatic heterocycles. The van der Waals surface area contributed by atoms with Crippen molar-refractivity contribution >= 4 is 0 Å². The highest BCUT2D eigenvalue weighted by atomic mass is 19.1. The molecule has 1 aliphatic rings. The van der Waals surface area contributed by atoms with E-state index in [0.717, 1.165) is 0 Å². The molecule has 0 aromatic rings. The van der Waals surface area contributed by atoms with Crippen molar-refractivity contribution in [2.75, 3.05) is 0 Å². The highest BCUT2D eigenvalue weighted by Gasteiger charge is 2.54. The standard InChI is InChI=1S/C12H23FO2/c1-7(2)6-9-10(14)12(5,13)11(15-9)8(3)4/h7-11,14H,6H2,1-5H3. The molecule has 1 aliphatic heterocycles. The molecule has 15 heavy (non-hydrogen) atoms. The number of ether oxygens (including phenoxy) is 1. The fourth-order valence-electron chi connectivity index (χ4n) is 2.39. The van der Waals surface area contributed by atoms with E-state index < -0.39 is 17.9 Å². The zero-order valence-electron chi connectivity index (χ0n) is 10.3. The lowest BCUT2D eigenvalue weighted by atomic mass is 9.87. The van der Waals surface area contributed by atoms with E-state index in [2.05, 4.69) is 0 Å². The van der Waals surface area contributed by atoms with Crippen molar-refractivity contribution in [3.8, 4) is 0 Å². The smallest absolute Gasteiger partial charge is 0.162 e. The fraction of sp³-hybridized carbons (Fsp3) is 1.00. The lowest BCUT2D eigenvalue weighted by molar-refractivity contribution is -0.0297. The Morgan fingerprint density at radius 1 is 1.33 bits per heavy atom. The summed E-state index contributed by atoms with van der Waals surface area (Å²) in [5, 5.41) is 9.88. The summed E-state index contributed by atoms with van der Waals surface area (Å²) in [5.41, 5.74) is -1.62. The van der Waals surface area contributed by atoms with Crippen LogP contribution in [0.5, 0.6) is 0 Å². The average molecular weight is 218 g/mol. The molecule has 1 N–H and O–H groups in total. The quantitative estimate of drug-likeness (QED) is 0.789. The first kappa shape index (κ1) is 12.9. The zero-order chi connectivity index (χ0) is 11.8. The lowest BCUT2D eigenvalue weighted by Crippen LogP contribution is -2.43. The molecule has 90 valence electrons. The Labute approximate surface area is 91.8 Å². The van der Waals surface area contributed by atoms with E-state index in [1.807, 2.05) is 27.7 Å². The SMILES string of the molecule is CC(C)CC1OC(C(C)C)C(C)(F)C1O. The summed E-state index contributed by atoms with van der Waals surface area (Å²) in [5.74, 6) is 0.498. The molecular weight excluding hydrogens is 195 g/mol. The van der Waals surface area contributed by atoms with Crippen molar-refractivity contribution < 1.29 is 14.2 Å². The molecule has 0 aromatic carbocycles. The minimum absolute atomic E-state index is 0.0896. The molecule has 3 heteroatoms. The van der Waals surface area contributed by atoms with Crippen LogP contribution < -0.4 is 0 Å². The molecule has 1 saturated heterocycles. The summed E-state index contributed by atoms with van der Waals surface area (Å²) < 4.78 is 19.9. The van der Waals surface area contributed by atoms with Crippen molar-refractivity contribution in [2.45, 2.75) is 65.0 Å². The molecule has 0 radical (unpaired) electrons. The van der Waals surface area contributed by atoms with E-state index in [0.29, 0.717) is 12.3 Å². The Morgan fingerprint density at radius 2 is 1.87 bits per heavy atom. The third-order valence-electron chi connectivity index (χ3n) is 3.12. The third kappa shape index (κ3) is 2.51. The molecule has 0 amide bonds. The van der Waals surface area contributed by atoms with Crippen LogP contribution in [0.25, 0.3) is 0 Å². The first-order valence-corrected chi connectivity index (χ1v) is 5.79. The number of alkyl halides is 1. The fourth-order valence-corrected chi connectivity index (χ4v) is 2.39. The first-order chi connectivity index (χ1) is 6.76. The van der Waals surface area contributed by atoms with Crippen molar-refractivity contribution in [3.63, 3.8) is 0 Å². The second-order valence-corrected chi connectivity index (χ2v) is 5.56. The highest BCUT2D eigenvalue weighted by molar-refractivity contribution is 5.02. The van der Waals surface area contributed by atoms with Gasteiger partial charge in [-0.3, -0.25) is 0 Å². The number of hydrogen-bond donors (Lipinski definition) is 1. The van der Waals surface area contributed by atoms with Gasteiger partial charge in [0, 0.05) is 0 Å². The maximum atomic E-state index is 14.2. The molecule has 2 nitrogen and oxygen atoms in total. The van der Waals surface area contributed by atoms with Gasteiger partial charge < -0.3 is 9.84 Å². The van der Waals surface area contributed by atoms with E-state index >= 15 is 0 Å². The van der Waals surface area contributed by atoms with Gasteiger partial charge >= 0.3 is 0 Å². The minimum atomic E-state index is -1.62. The average Bonchev–Trinajstić information content (AvgIpc) is 2.27. The van der Waals surface area contributed by atoms with Crippen molar-refractivity contribution in [3.05, 3.63) is 0 Å². The monoisotopic (exact) mass is 218 g/mol. The number of halogens is 1. The predicted molar refractivity (Wildman–Crippen MR) is 58.5 cm³/mol. The van der Waals surface area contributed by atoms with Crippen molar-refractivity contribution in [2.24, 2.45) is 11.8 Å². The van der Waals surface area contributed by atoms with E-state index in [1.165, 1.54) is 6.92 Å². The molecule has 0 spiro atoms. The zero-order valence-corrected chi connectivity index (χ0v) is 10.3. The van der Waals surface area contributed by atoms with Crippen LogP contribution in [0.1, 0.15) is 41.0 Å². The van der Waals surface area contributed by atoms with Crippen LogP contribution in [-0.2, 0) is 4.74 Å². The Morgan fingerprint density at radius 3 is 2.20 bits per heavy atom. The van der Waals surface area contributed by atoms with Crippen molar-refractivity contribution in [1.29, 1.82) is 0 Å². The second-order valence-electron chi connectivity index (χ2n) is 5.56. The highest BCUT2D eigenvalue weighted by Crippen LogP contribution is 2.39. The summed E-state index contributed by atoms with van der Waals surface area (Å²) in [7, 11) is 0. The van der Waals surface area contributed by atoms with Crippen LogP contribution in [0.4, 0.5) is 4.39 Å². The molecule has 4 atom stereocenters. The van der Waals surface area contributed by atoms with Gasteiger partial charge in [0.25, 0.3) is 0 Å². The van der Waals surface area contributed by atoms with Gasteiger partial charge in [-0.15, -0.1) is 0 Å². The molecule has 1 heterocycles. The molecule has 0 aliphatic carbocycles. The van der Waals surface area contributed by atoms with Crippen molar-refractivity contribution in [1.82, 2.24) is 0 Å². The number of aliphatic hydroxyl groups excluding tert-OH is 1. The summed E-state index contributed by atoms with van der Waals surface area (Å²) in [6, 6.07) is 0. The Balaban J connectivity index is 2.75. The topological polar surface area (TPSA) is 29.5 Å². The molecule has 0 bridgehead atoms. The maximum absolute atomic E-state index is 14.2.